The van der Waals surface area contributed by atoms with E-state index >= 15 is 0 Å². The van der Waals surface area contributed by atoms with Crippen LogP contribution in [0, 0.1) is 0 Å². The van der Waals surface area contributed by atoms with Crippen LogP contribution in [0.5, 0.6) is 0 Å². The molecule has 4 heteroatoms. The van der Waals surface area contributed by atoms with Crippen molar-refractivity contribution in [3.05, 3.63) is 47.0 Å². The van der Waals surface area contributed by atoms with Crippen LogP contribution in [0.4, 0.5) is 0 Å². The second-order valence-electron chi connectivity index (χ2n) is 3.87. The molecule has 0 spiro atoms. The van der Waals surface area contributed by atoms with Crippen LogP contribution in [-0.4, -0.2) is 17.7 Å². The lowest BCUT2D eigenvalue weighted by atomic mass is 10.1. The molecule has 0 unspecified atom stereocenters. The number of halogens is 1. The van der Waals surface area contributed by atoms with Gasteiger partial charge in [0.05, 0.1) is 0 Å². The van der Waals surface area contributed by atoms with E-state index in [1.807, 2.05) is 13.8 Å². The van der Waals surface area contributed by atoms with E-state index in [9.17, 15) is 9.59 Å². The van der Waals surface area contributed by atoms with Gasteiger partial charge in [-0.25, -0.2) is 0 Å². The number of hydrogen-bond acceptors (Lipinski definition) is 2. The summed E-state index contributed by atoms with van der Waals surface area (Å²) in [4.78, 5) is 22.9. The minimum atomic E-state index is -0.276. The largest absolute Gasteiger partial charge is 0.350 e. The van der Waals surface area contributed by atoms with Gasteiger partial charge in [-0.1, -0.05) is 11.6 Å². The topological polar surface area (TPSA) is 46.2 Å². The number of amides is 1. The molecule has 0 bridgehead atoms. The molecule has 1 aromatic rings. The number of benzene rings is 1. The Morgan fingerprint density at radius 3 is 2.29 bits per heavy atom. The molecule has 0 aliphatic rings. The molecule has 0 aliphatic carbocycles. The first-order valence-electron chi connectivity index (χ1n) is 5.27. The maximum atomic E-state index is 11.6. The fraction of sp³-hybridized carbons (Fsp3) is 0.231. The zero-order valence-electron chi connectivity index (χ0n) is 9.74. The molecule has 3 nitrogen and oxygen atoms in total. The highest BCUT2D eigenvalue weighted by molar-refractivity contribution is 6.30. The number of carbonyl (C=O) groups excluding carboxylic acids is 2. The van der Waals surface area contributed by atoms with Crippen molar-refractivity contribution in [1.82, 2.24) is 5.32 Å². The molecule has 1 aromatic carbocycles. The maximum absolute atomic E-state index is 11.6. The van der Waals surface area contributed by atoms with Crippen molar-refractivity contribution in [2.75, 3.05) is 0 Å². The van der Waals surface area contributed by atoms with Crippen LogP contribution in [0.25, 0.3) is 0 Å². The van der Waals surface area contributed by atoms with E-state index in [-0.39, 0.29) is 17.7 Å². The van der Waals surface area contributed by atoms with E-state index in [1.165, 1.54) is 12.2 Å². The Morgan fingerprint density at radius 1 is 1.18 bits per heavy atom. The average Bonchev–Trinajstić information content (AvgIpc) is 2.26. The van der Waals surface area contributed by atoms with Crippen molar-refractivity contribution in [1.29, 1.82) is 0 Å². The van der Waals surface area contributed by atoms with Gasteiger partial charge in [-0.05, 0) is 44.2 Å². The summed E-state index contributed by atoms with van der Waals surface area (Å²) in [5.74, 6) is -0.497. The lowest BCUT2D eigenvalue weighted by Gasteiger charge is -2.03. The highest BCUT2D eigenvalue weighted by atomic mass is 35.5. The van der Waals surface area contributed by atoms with Gasteiger partial charge < -0.3 is 5.32 Å². The minimum absolute atomic E-state index is 0.0535. The van der Waals surface area contributed by atoms with Crippen LogP contribution < -0.4 is 5.32 Å². The van der Waals surface area contributed by atoms with E-state index in [2.05, 4.69) is 5.32 Å². The first kappa shape index (κ1) is 13.5. The highest BCUT2D eigenvalue weighted by Crippen LogP contribution is 2.10. The van der Waals surface area contributed by atoms with Crippen LogP contribution in [0.3, 0.4) is 0 Å². The van der Waals surface area contributed by atoms with Crippen LogP contribution >= 0.6 is 11.6 Å². The SMILES string of the molecule is CC(C)NC(=O)/C=C/C(=O)c1ccc(Cl)cc1. The fourth-order valence-electron chi connectivity index (χ4n) is 1.19. The Hall–Kier alpha value is -1.61. The van der Waals surface area contributed by atoms with Gasteiger partial charge in [-0.15, -0.1) is 0 Å². The van der Waals surface area contributed by atoms with Crippen LogP contribution in [0.15, 0.2) is 36.4 Å². The second-order valence-corrected chi connectivity index (χ2v) is 4.30. The summed E-state index contributed by atoms with van der Waals surface area (Å²) in [6, 6.07) is 6.57. The molecule has 90 valence electrons. The number of carbonyl (C=O) groups is 2. The molecule has 1 amide bonds. The quantitative estimate of drug-likeness (QED) is 0.660. The van der Waals surface area contributed by atoms with Crippen molar-refractivity contribution < 1.29 is 9.59 Å². The lowest BCUT2D eigenvalue weighted by Crippen LogP contribution is -2.28. The summed E-state index contributed by atoms with van der Waals surface area (Å²) in [6.07, 6.45) is 2.48. The Kier molecular flexibility index (Phi) is 4.91. The van der Waals surface area contributed by atoms with Gasteiger partial charge in [0.15, 0.2) is 5.78 Å². The van der Waals surface area contributed by atoms with Crippen LogP contribution in [0.2, 0.25) is 5.02 Å². The fourth-order valence-corrected chi connectivity index (χ4v) is 1.32. The van der Waals surface area contributed by atoms with Crippen molar-refractivity contribution in [3.8, 4) is 0 Å². The summed E-state index contributed by atoms with van der Waals surface area (Å²) in [5, 5.41) is 3.23. The molecule has 17 heavy (non-hydrogen) atoms. The van der Waals surface area contributed by atoms with E-state index in [0.717, 1.165) is 0 Å². The highest BCUT2D eigenvalue weighted by Gasteiger charge is 2.03. The van der Waals surface area contributed by atoms with Gasteiger partial charge >= 0.3 is 0 Å². The molecular formula is C13H14ClNO2. The monoisotopic (exact) mass is 251 g/mol. The molecule has 0 radical (unpaired) electrons. The Bertz CT molecular complexity index is 435. The zero-order chi connectivity index (χ0) is 12.8. The minimum Gasteiger partial charge on any atom is -0.350 e. The summed E-state index contributed by atoms with van der Waals surface area (Å²) < 4.78 is 0. The van der Waals surface area contributed by atoms with Crippen molar-refractivity contribution in [3.63, 3.8) is 0 Å². The molecule has 0 aliphatic heterocycles. The molecule has 0 saturated carbocycles. The van der Waals surface area contributed by atoms with Gasteiger partial charge in [-0.3, -0.25) is 9.59 Å². The van der Waals surface area contributed by atoms with Crippen molar-refractivity contribution >= 4 is 23.3 Å². The van der Waals surface area contributed by atoms with Gasteiger partial charge in [0.1, 0.15) is 0 Å². The van der Waals surface area contributed by atoms with Crippen molar-refractivity contribution in [2.45, 2.75) is 19.9 Å². The predicted molar refractivity (Wildman–Crippen MR) is 68.2 cm³/mol. The molecule has 0 fully saturated rings. The number of rotatable bonds is 4. The molecule has 0 atom stereocenters. The number of allylic oxidation sites excluding steroid dienone is 1. The third-order valence-corrected chi connectivity index (χ3v) is 2.20. The number of ketones is 1. The molecular weight excluding hydrogens is 238 g/mol. The first-order valence-corrected chi connectivity index (χ1v) is 5.65. The van der Waals surface area contributed by atoms with E-state index < -0.39 is 0 Å². The normalized spacial score (nSPS) is 10.8. The molecule has 1 rings (SSSR count). The summed E-state index contributed by atoms with van der Waals surface area (Å²) in [5.41, 5.74) is 0.503. The summed E-state index contributed by atoms with van der Waals surface area (Å²) in [6.45, 7) is 3.71. The third kappa shape index (κ3) is 4.83. The molecule has 0 saturated heterocycles. The third-order valence-electron chi connectivity index (χ3n) is 1.95. The smallest absolute Gasteiger partial charge is 0.244 e. The zero-order valence-corrected chi connectivity index (χ0v) is 10.5. The van der Waals surface area contributed by atoms with Gasteiger partial charge in [0.25, 0.3) is 0 Å². The molecule has 1 N–H and O–H groups in total. The summed E-state index contributed by atoms with van der Waals surface area (Å²) in [7, 11) is 0. The van der Waals surface area contributed by atoms with E-state index in [4.69, 9.17) is 11.6 Å². The summed E-state index contributed by atoms with van der Waals surface area (Å²) >= 11 is 5.71. The molecule has 0 heterocycles. The average molecular weight is 252 g/mol. The lowest BCUT2D eigenvalue weighted by molar-refractivity contribution is -0.116. The predicted octanol–water partition coefficient (Wildman–Crippen LogP) is 2.60. The standard InChI is InChI=1S/C13H14ClNO2/c1-9(2)15-13(17)8-7-12(16)10-3-5-11(14)6-4-10/h3-9H,1-2H3,(H,15,17)/b8-7+. The van der Waals surface area contributed by atoms with Gasteiger partial charge in [0.2, 0.25) is 5.91 Å². The van der Waals surface area contributed by atoms with Gasteiger partial charge in [-0.2, -0.15) is 0 Å². The number of nitrogens with one attached hydrogen (secondary N) is 1. The van der Waals surface area contributed by atoms with E-state index in [1.54, 1.807) is 24.3 Å². The van der Waals surface area contributed by atoms with Gasteiger partial charge in [0, 0.05) is 22.7 Å². The van der Waals surface area contributed by atoms with Crippen LogP contribution in [0.1, 0.15) is 24.2 Å². The Labute approximate surface area is 105 Å². The van der Waals surface area contributed by atoms with Crippen LogP contribution in [-0.2, 0) is 4.79 Å². The molecule has 0 aromatic heterocycles. The van der Waals surface area contributed by atoms with E-state index in [0.29, 0.717) is 10.6 Å². The Balaban J connectivity index is 2.63. The second kappa shape index (κ2) is 6.21. The first-order chi connectivity index (χ1) is 7.99. The van der Waals surface area contributed by atoms with Crippen molar-refractivity contribution in [2.24, 2.45) is 0 Å². The Morgan fingerprint density at radius 2 is 1.76 bits per heavy atom. The number of hydrogen-bond donors (Lipinski definition) is 1. The maximum Gasteiger partial charge on any atom is 0.244 e.